The van der Waals surface area contributed by atoms with E-state index in [1.54, 1.807) is 13.2 Å². The van der Waals surface area contributed by atoms with Gasteiger partial charge in [0.05, 0.1) is 7.11 Å². The molecule has 3 aromatic rings. The number of rotatable bonds is 5. The number of hydrogen-bond donors (Lipinski definition) is 0. The van der Waals surface area contributed by atoms with Gasteiger partial charge in [0.15, 0.2) is 0 Å². The molecule has 6 nitrogen and oxygen atoms in total. The molecule has 2 aromatic carbocycles. The summed E-state index contributed by atoms with van der Waals surface area (Å²) >= 11 is 0. The number of para-hydroxylation sites is 1. The van der Waals surface area contributed by atoms with Crippen LogP contribution in [0.3, 0.4) is 0 Å². The molecule has 4 rings (SSSR count). The van der Waals surface area contributed by atoms with Crippen molar-refractivity contribution >= 4 is 23.7 Å². The molecule has 0 bridgehead atoms. The normalized spacial score (nSPS) is 14.2. The Morgan fingerprint density at radius 3 is 2.48 bits per heavy atom. The van der Waals surface area contributed by atoms with Gasteiger partial charge in [-0.25, -0.2) is 0 Å². The van der Waals surface area contributed by atoms with Crippen molar-refractivity contribution in [2.75, 3.05) is 43.1 Å². The van der Waals surface area contributed by atoms with Gasteiger partial charge in [-0.15, -0.1) is 0 Å². The Hall–Kier alpha value is -3.72. The van der Waals surface area contributed by atoms with Crippen molar-refractivity contribution in [2.24, 2.45) is 0 Å². The van der Waals surface area contributed by atoms with Gasteiger partial charge >= 0.3 is 0 Å². The average molecular weight is 386 g/mol. The molecular formula is C23H22N4O2. The maximum atomic E-state index is 9.50. The number of benzene rings is 2. The molecule has 0 amide bonds. The largest absolute Gasteiger partial charge is 0.497 e. The SMILES string of the molecule is COc1cccc(C=Cc2nc(C#N)c(N3CCN(c4ccccc4)CC3)o2)c1. The first-order chi connectivity index (χ1) is 14.3. The number of anilines is 2. The van der Waals surface area contributed by atoms with E-state index in [1.165, 1.54) is 5.69 Å². The molecule has 0 aliphatic carbocycles. The van der Waals surface area contributed by atoms with Crippen LogP contribution in [0.25, 0.3) is 12.2 Å². The summed E-state index contributed by atoms with van der Waals surface area (Å²) in [5, 5.41) is 9.50. The summed E-state index contributed by atoms with van der Waals surface area (Å²) < 4.78 is 11.2. The smallest absolute Gasteiger partial charge is 0.235 e. The zero-order chi connectivity index (χ0) is 20.1. The minimum Gasteiger partial charge on any atom is -0.497 e. The maximum absolute atomic E-state index is 9.50. The number of methoxy groups -OCH3 is 1. The maximum Gasteiger partial charge on any atom is 0.235 e. The molecule has 2 heterocycles. The zero-order valence-electron chi connectivity index (χ0n) is 16.3. The number of hydrogen-bond acceptors (Lipinski definition) is 6. The van der Waals surface area contributed by atoms with Crippen LogP contribution in [-0.2, 0) is 0 Å². The standard InChI is InChI=1S/C23H22N4O2/c1-28-20-9-5-6-18(16-20)10-11-22-25-21(17-24)23(29-22)27-14-12-26(13-15-27)19-7-3-2-4-8-19/h2-11,16H,12-15H2,1H3. The third kappa shape index (κ3) is 4.25. The van der Waals surface area contributed by atoms with Gasteiger partial charge in [-0.1, -0.05) is 30.3 Å². The van der Waals surface area contributed by atoms with E-state index in [1.807, 2.05) is 48.5 Å². The van der Waals surface area contributed by atoms with Crippen molar-refractivity contribution in [3.05, 3.63) is 71.7 Å². The second kappa shape index (κ2) is 8.53. The minimum absolute atomic E-state index is 0.323. The molecule has 1 aliphatic rings. The van der Waals surface area contributed by atoms with Crippen LogP contribution in [0, 0.1) is 11.3 Å². The Balaban J connectivity index is 1.47. The van der Waals surface area contributed by atoms with Gasteiger partial charge < -0.3 is 19.0 Å². The van der Waals surface area contributed by atoms with Crippen molar-refractivity contribution in [1.29, 1.82) is 5.26 Å². The van der Waals surface area contributed by atoms with Gasteiger partial charge in [-0.2, -0.15) is 10.2 Å². The van der Waals surface area contributed by atoms with E-state index in [-0.39, 0.29) is 0 Å². The van der Waals surface area contributed by atoms with Gasteiger partial charge in [0.25, 0.3) is 0 Å². The minimum atomic E-state index is 0.323. The van der Waals surface area contributed by atoms with Crippen LogP contribution in [0.15, 0.2) is 59.0 Å². The summed E-state index contributed by atoms with van der Waals surface area (Å²) in [6.07, 6.45) is 3.67. The van der Waals surface area contributed by atoms with E-state index in [2.05, 4.69) is 33.0 Å². The fourth-order valence-corrected chi connectivity index (χ4v) is 3.41. The first kappa shape index (κ1) is 18.6. The van der Waals surface area contributed by atoms with E-state index in [9.17, 15) is 5.26 Å². The molecule has 0 atom stereocenters. The second-order valence-corrected chi connectivity index (χ2v) is 6.74. The zero-order valence-corrected chi connectivity index (χ0v) is 16.3. The van der Waals surface area contributed by atoms with Gasteiger partial charge in [0.1, 0.15) is 11.8 Å². The Morgan fingerprint density at radius 2 is 1.76 bits per heavy atom. The van der Waals surface area contributed by atoms with Crippen LogP contribution in [0.5, 0.6) is 5.75 Å². The first-order valence-corrected chi connectivity index (χ1v) is 9.55. The lowest BCUT2D eigenvalue weighted by Gasteiger charge is -2.35. The van der Waals surface area contributed by atoms with Crippen LogP contribution in [0.2, 0.25) is 0 Å². The monoisotopic (exact) mass is 386 g/mol. The molecule has 0 unspecified atom stereocenters. The van der Waals surface area contributed by atoms with E-state index in [0.29, 0.717) is 17.5 Å². The highest BCUT2D eigenvalue weighted by molar-refractivity contribution is 5.68. The predicted octanol–water partition coefficient (Wildman–Crippen LogP) is 4.05. The van der Waals surface area contributed by atoms with Crippen LogP contribution in [0.4, 0.5) is 11.6 Å². The van der Waals surface area contributed by atoms with Gasteiger partial charge in [-0.3, -0.25) is 0 Å². The summed E-state index contributed by atoms with van der Waals surface area (Å²) in [6, 6.07) is 20.2. The summed E-state index contributed by atoms with van der Waals surface area (Å²) in [5.41, 5.74) is 2.51. The Kier molecular flexibility index (Phi) is 5.48. The number of ether oxygens (including phenoxy) is 1. The molecule has 146 valence electrons. The lowest BCUT2D eigenvalue weighted by atomic mass is 10.2. The quantitative estimate of drug-likeness (QED) is 0.659. The summed E-state index contributed by atoms with van der Waals surface area (Å²) in [4.78, 5) is 8.76. The van der Waals surface area contributed by atoms with Crippen LogP contribution < -0.4 is 14.5 Å². The summed E-state index contributed by atoms with van der Waals surface area (Å²) in [7, 11) is 1.64. The molecule has 1 aromatic heterocycles. The highest BCUT2D eigenvalue weighted by Crippen LogP contribution is 2.26. The summed E-state index contributed by atoms with van der Waals surface area (Å²) in [6.45, 7) is 3.28. The number of piperazine rings is 1. The predicted molar refractivity (Wildman–Crippen MR) is 114 cm³/mol. The highest BCUT2D eigenvalue weighted by Gasteiger charge is 2.23. The molecule has 1 fully saturated rings. The third-order valence-electron chi connectivity index (χ3n) is 4.93. The molecule has 0 N–H and O–H groups in total. The van der Waals surface area contributed by atoms with E-state index < -0.39 is 0 Å². The molecule has 1 saturated heterocycles. The molecular weight excluding hydrogens is 364 g/mol. The highest BCUT2D eigenvalue weighted by atomic mass is 16.5. The molecule has 1 aliphatic heterocycles. The van der Waals surface area contributed by atoms with E-state index in [0.717, 1.165) is 37.5 Å². The number of nitrogens with zero attached hydrogens (tertiary/aromatic N) is 4. The van der Waals surface area contributed by atoms with Crippen LogP contribution >= 0.6 is 0 Å². The fourth-order valence-electron chi connectivity index (χ4n) is 3.41. The lowest BCUT2D eigenvalue weighted by molar-refractivity contribution is 0.414. The van der Waals surface area contributed by atoms with Crippen molar-refractivity contribution in [2.45, 2.75) is 0 Å². The lowest BCUT2D eigenvalue weighted by Crippen LogP contribution is -2.46. The number of aromatic nitrogens is 1. The summed E-state index contributed by atoms with van der Waals surface area (Å²) in [5.74, 6) is 1.75. The van der Waals surface area contributed by atoms with Crippen LogP contribution in [-0.4, -0.2) is 38.3 Å². The average Bonchev–Trinajstić information content (AvgIpc) is 3.22. The molecule has 0 radical (unpaired) electrons. The number of oxazole rings is 1. The molecule has 6 heteroatoms. The van der Waals surface area contributed by atoms with E-state index >= 15 is 0 Å². The Bertz CT molecular complexity index is 1030. The second-order valence-electron chi connectivity index (χ2n) is 6.74. The molecule has 29 heavy (non-hydrogen) atoms. The van der Waals surface area contributed by atoms with Gasteiger partial charge in [0.2, 0.25) is 17.5 Å². The number of nitriles is 1. The molecule has 0 saturated carbocycles. The van der Waals surface area contributed by atoms with Gasteiger partial charge in [0, 0.05) is 37.9 Å². The topological polar surface area (TPSA) is 65.5 Å². The van der Waals surface area contributed by atoms with Crippen LogP contribution in [0.1, 0.15) is 17.1 Å². The van der Waals surface area contributed by atoms with E-state index in [4.69, 9.17) is 9.15 Å². The van der Waals surface area contributed by atoms with Crippen molar-refractivity contribution in [1.82, 2.24) is 4.98 Å². The molecule has 0 spiro atoms. The van der Waals surface area contributed by atoms with Crippen molar-refractivity contribution in [3.63, 3.8) is 0 Å². The Labute approximate surface area is 170 Å². The Morgan fingerprint density at radius 1 is 1.00 bits per heavy atom. The fraction of sp³-hybridized carbons (Fsp3) is 0.217. The third-order valence-corrected chi connectivity index (χ3v) is 4.93. The van der Waals surface area contributed by atoms with Gasteiger partial charge in [-0.05, 0) is 35.9 Å². The van der Waals surface area contributed by atoms with Crippen molar-refractivity contribution < 1.29 is 9.15 Å². The first-order valence-electron chi connectivity index (χ1n) is 9.55. The van der Waals surface area contributed by atoms with Crippen molar-refractivity contribution in [3.8, 4) is 11.8 Å².